The van der Waals surface area contributed by atoms with Crippen molar-refractivity contribution in [3.63, 3.8) is 0 Å². The minimum Gasteiger partial charge on any atom is -0.456 e. The van der Waals surface area contributed by atoms with Gasteiger partial charge in [-0.2, -0.15) is 0 Å². The predicted molar refractivity (Wildman–Crippen MR) is 291 cm³/mol. The monoisotopic (exact) mass is 892 g/mol. The van der Waals surface area contributed by atoms with Crippen molar-refractivity contribution in [3.8, 4) is 39.1 Å². The molecule has 1 aliphatic rings. The Morgan fingerprint density at radius 3 is 1.50 bits per heavy atom. The maximum absolute atomic E-state index is 6.28. The van der Waals surface area contributed by atoms with Gasteiger partial charge < -0.3 is 13.9 Å². The fourth-order valence-corrected chi connectivity index (χ4v) is 11.5. The highest BCUT2D eigenvalue weighted by molar-refractivity contribution is 6.11. The van der Waals surface area contributed by atoms with Crippen molar-refractivity contribution in [3.05, 3.63) is 289 Å². The molecule has 3 heteroatoms. The minimum absolute atomic E-state index is 0.500. The number of aromatic nitrogens is 1. The third-order valence-electron chi connectivity index (χ3n) is 14.7. The molecule has 0 saturated carbocycles. The van der Waals surface area contributed by atoms with Crippen LogP contribution in [-0.4, -0.2) is 4.57 Å². The smallest absolute Gasteiger partial charge is 0.135 e. The van der Waals surface area contributed by atoms with Crippen LogP contribution in [0.3, 0.4) is 0 Å². The number of anilines is 3. The number of rotatable bonds is 8. The Morgan fingerprint density at radius 2 is 0.814 bits per heavy atom. The topological polar surface area (TPSA) is 21.3 Å². The standard InChI is InChI=1S/C67H44N2O/c1-4-16-45(17-5-1)46-28-34-52(35-29-46)68(54-38-41-66-60(44-54)57-24-12-15-27-65(57)70-66)53-36-30-47(31-37-53)48-32-39-63-58(42-48)59-43-50(33-40-64(59)69(63)51-20-8-3-9-21-51)67(49-18-6-2-7-19-49)61-25-13-10-22-55(61)56-23-11-14-26-62(56)67/h1-44H. The molecule has 1 aliphatic carbocycles. The quantitative estimate of drug-likeness (QED) is 0.152. The molecule has 328 valence electrons. The largest absolute Gasteiger partial charge is 0.456 e. The summed E-state index contributed by atoms with van der Waals surface area (Å²) in [4.78, 5) is 2.35. The van der Waals surface area contributed by atoms with E-state index in [1.165, 1.54) is 66.3 Å². The van der Waals surface area contributed by atoms with Gasteiger partial charge in [0.2, 0.25) is 0 Å². The molecule has 0 bridgehead atoms. The number of para-hydroxylation sites is 2. The molecule has 0 amide bonds. The summed E-state index contributed by atoms with van der Waals surface area (Å²) >= 11 is 0. The lowest BCUT2D eigenvalue weighted by Crippen LogP contribution is -2.28. The fourth-order valence-electron chi connectivity index (χ4n) is 11.5. The Hall–Kier alpha value is -9.18. The molecule has 13 aromatic rings. The van der Waals surface area contributed by atoms with Crippen molar-refractivity contribution in [2.24, 2.45) is 0 Å². The Morgan fingerprint density at radius 1 is 0.314 bits per heavy atom. The second kappa shape index (κ2) is 16.0. The first-order valence-electron chi connectivity index (χ1n) is 24.1. The maximum Gasteiger partial charge on any atom is 0.135 e. The van der Waals surface area contributed by atoms with Gasteiger partial charge in [0.25, 0.3) is 0 Å². The lowest BCUT2D eigenvalue weighted by atomic mass is 9.67. The zero-order valence-corrected chi connectivity index (χ0v) is 38.2. The first kappa shape index (κ1) is 39.9. The highest BCUT2D eigenvalue weighted by Crippen LogP contribution is 2.56. The van der Waals surface area contributed by atoms with Gasteiger partial charge >= 0.3 is 0 Å². The molecule has 3 nitrogen and oxygen atoms in total. The van der Waals surface area contributed by atoms with E-state index < -0.39 is 5.41 Å². The number of nitrogens with zero attached hydrogens (tertiary/aromatic N) is 2. The molecule has 0 N–H and O–H groups in total. The second-order valence-corrected chi connectivity index (χ2v) is 18.4. The van der Waals surface area contributed by atoms with Gasteiger partial charge in [-0.15, -0.1) is 0 Å². The van der Waals surface area contributed by atoms with Gasteiger partial charge in [-0.25, -0.2) is 0 Å². The van der Waals surface area contributed by atoms with Crippen molar-refractivity contribution in [1.82, 2.24) is 4.57 Å². The summed E-state index contributed by atoms with van der Waals surface area (Å²) in [6.45, 7) is 0. The normalized spacial score (nSPS) is 12.7. The predicted octanol–water partition coefficient (Wildman–Crippen LogP) is 17.8. The molecule has 2 aromatic heterocycles. The van der Waals surface area contributed by atoms with E-state index in [2.05, 4.69) is 264 Å². The summed E-state index contributed by atoms with van der Waals surface area (Å²) in [5.74, 6) is 0. The lowest BCUT2D eigenvalue weighted by molar-refractivity contribution is 0.669. The molecule has 0 spiro atoms. The van der Waals surface area contributed by atoms with Crippen LogP contribution in [0.4, 0.5) is 17.1 Å². The van der Waals surface area contributed by atoms with E-state index in [-0.39, 0.29) is 0 Å². The molecule has 0 atom stereocenters. The van der Waals surface area contributed by atoms with Crippen molar-refractivity contribution >= 4 is 60.8 Å². The second-order valence-electron chi connectivity index (χ2n) is 18.4. The molecule has 0 radical (unpaired) electrons. The van der Waals surface area contributed by atoms with E-state index in [1.54, 1.807) is 0 Å². The molecule has 70 heavy (non-hydrogen) atoms. The van der Waals surface area contributed by atoms with Gasteiger partial charge in [-0.3, -0.25) is 0 Å². The van der Waals surface area contributed by atoms with Crippen molar-refractivity contribution < 1.29 is 4.42 Å². The zero-order chi connectivity index (χ0) is 46.2. The van der Waals surface area contributed by atoms with Crippen molar-refractivity contribution in [2.75, 3.05) is 4.90 Å². The molecular formula is C67H44N2O. The van der Waals surface area contributed by atoms with Gasteiger partial charge in [-0.05, 0) is 141 Å². The maximum atomic E-state index is 6.28. The van der Waals surface area contributed by atoms with E-state index in [0.717, 1.165) is 55.8 Å². The highest BCUT2D eigenvalue weighted by atomic mass is 16.3. The fraction of sp³-hybridized carbons (Fsp3) is 0.0149. The first-order valence-corrected chi connectivity index (χ1v) is 24.1. The van der Waals surface area contributed by atoms with Crippen LogP contribution in [-0.2, 0) is 5.41 Å². The van der Waals surface area contributed by atoms with Crippen LogP contribution in [0.1, 0.15) is 22.3 Å². The first-order chi connectivity index (χ1) is 34.7. The highest BCUT2D eigenvalue weighted by Gasteiger charge is 2.46. The van der Waals surface area contributed by atoms with Crippen LogP contribution in [0, 0.1) is 0 Å². The number of fused-ring (bicyclic) bond motifs is 9. The van der Waals surface area contributed by atoms with Crippen LogP contribution in [0.2, 0.25) is 0 Å². The van der Waals surface area contributed by atoms with E-state index in [1.807, 2.05) is 12.1 Å². The molecule has 2 heterocycles. The Kier molecular flexibility index (Phi) is 9.11. The number of hydrogen-bond donors (Lipinski definition) is 0. The molecule has 11 aromatic carbocycles. The summed E-state index contributed by atoms with van der Waals surface area (Å²) in [7, 11) is 0. The van der Waals surface area contributed by atoms with Gasteiger partial charge in [-0.1, -0.05) is 182 Å². The summed E-state index contributed by atoms with van der Waals surface area (Å²) in [5, 5.41) is 4.64. The van der Waals surface area contributed by atoms with Gasteiger partial charge in [0, 0.05) is 44.3 Å². The summed E-state index contributed by atoms with van der Waals surface area (Å²) < 4.78 is 8.70. The van der Waals surface area contributed by atoms with Gasteiger partial charge in [0.05, 0.1) is 16.4 Å². The minimum atomic E-state index is -0.500. The van der Waals surface area contributed by atoms with Crippen molar-refractivity contribution in [2.45, 2.75) is 5.41 Å². The zero-order valence-electron chi connectivity index (χ0n) is 38.2. The summed E-state index contributed by atoms with van der Waals surface area (Å²) in [6.07, 6.45) is 0. The van der Waals surface area contributed by atoms with Crippen LogP contribution >= 0.6 is 0 Å². The van der Waals surface area contributed by atoms with Crippen LogP contribution in [0.5, 0.6) is 0 Å². The lowest BCUT2D eigenvalue weighted by Gasteiger charge is -2.34. The van der Waals surface area contributed by atoms with Gasteiger partial charge in [0.1, 0.15) is 11.2 Å². The number of furan rings is 1. The van der Waals surface area contributed by atoms with E-state index in [4.69, 9.17) is 4.42 Å². The summed E-state index contributed by atoms with van der Waals surface area (Å²) in [5.41, 5.74) is 20.4. The summed E-state index contributed by atoms with van der Waals surface area (Å²) in [6, 6.07) is 97.4. The van der Waals surface area contributed by atoms with Crippen LogP contribution in [0.15, 0.2) is 271 Å². The molecule has 14 rings (SSSR count). The van der Waals surface area contributed by atoms with E-state index >= 15 is 0 Å². The molecule has 0 saturated heterocycles. The van der Waals surface area contributed by atoms with Crippen LogP contribution < -0.4 is 4.90 Å². The molecule has 0 fully saturated rings. The number of hydrogen-bond acceptors (Lipinski definition) is 2. The molecular weight excluding hydrogens is 849 g/mol. The van der Waals surface area contributed by atoms with E-state index in [9.17, 15) is 0 Å². The van der Waals surface area contributed by atoms with E-state index in [0.29, 0.717) is 0 Å². The average Bonchev–Trinajstić information content (AvgIpc) is 4.08. The SMILES string of the molecule is c1ccc(-c2ccc(N(c3ccc(-c4ccc5c(c4)c4cc(C6(c7ccccc7)c7ccccc7-c7ccccc76)ccc4n5-c4ccccc4)cc3)c3ccc4oc5ccccc5c4c3)cc2)cc1. The van der Waals surface area contributed by atoms with Crippen molar-refractivity contribution in [1.29, 1.82) is 0 Å². The third-order valence-corrected chi connectivity index (χ3v) is 14.7. The Bertz CT molecular complexity index is 4050. The van der Waals surface area contributed by atoms with Gasteiger partial charge in [0.15, 0.2) is 0 Å². The Labute approximate surface area is 406 Å². The molecule has 0 aliphatic heterocycles. The third kappa shape index (κ3) is 6.15. The average molecular weight is 893 g/mol. The van der Waals surface area contributed by atoms with Crippen LogP contribution in [0.25, 0.3) is 82.8 Å². The Balaban J connectivity index is 0.925. The number of benzene rings is 11. The molecule has 0 unspecified atom stereocenters.